The number of nitrogens with zero attached hydrogens (tertiary/aromatic N) is 2. The fourth-order valence-corrected chi connectivity index (χ4v) is 2.98. The van der Waals surface area contributed by atoms with E-state index in [2.05, 4.69) is 15.7 Å². The van der Waals surface area contributed by atoms with Crippen LogP contribution in [0.2, 0.25) is 0 Å². The van der Waals surface area contributed by atoms with E-state index in [0.29, 0.717) is 40.5 Å². The Bertz CT molecular complexity index is 1040. The maximum atomic E-state index is 13.2. The standard InChI is InChI=1S/C21H21FN4O3/c1-4-19-17(12-23-26(19)16-8-5-14(22)6-9-16)21(28)25-15-7-10-20(29-3)18(11-15)24-13(2)27/h5-12H,4H2,1-3H3,(H,24,27)(H,25,28). The topological polar surface area (TPSA) is 85.2 Å². The average molecular weight is 396 g/mol. The van der Waals surface area contributed by atoms with E-state index in [9.17, 15) is 14.0 Å². The molecule has 0 aliphatic carbocycles. The molecule has 3 rings (SSSR count). The van der Waals surface area contributed by atoms with Gasteiger partial charge in [-0.15, -0.1) is 0 Å². The minimum atomic E-state index is -0.341. The first-order chi connectivity index (χ1) is 13.9. The summed E-state index contributed by atoms with van der Waals surface area (Å²) >= 11 is 0. The number of amides is 2. The Labute approximate surface area is 167 Å². The van der Waals surface area contributed by atoms with E-state index in [4.69, 9.17) is 4.74 Å². The summed E-state index contributed by atoms with van der Waals surface area (Å²) < 4.78 is 20.0. The van der Waals surface area contributed by atoms with Gasteiger partial charge in [0.15, 0.2) is 0 Å². The van der Waals surface area contributed by atoms with Crippen molar-refractivity contribution in [3.8, 4) is 11.4 Å². The molecule has 2 N–H and O–H groups in total. The van der Waals surface area contributed by atoms with Crippen LogP contribution < -0.4 is 15.4 Å². The van der Waals surface area contributed by atoms with E-state index in [-0.39, 0.29) is 17.6 Å². The van der Waals surface area contributed by atoms with Gasteiger partial charge < -0.3 is 15.4 Å². The molecule has 1 aromatic heterocycles. The zero-order valence-electron chi connectivity index (χ0n) is 16.3. The van der Waals surface area contributed by atoms with Crippen molar-refractivity contribution in [2.45, 2.75) is 20.3 Å². The van der Waals surface area contributed by atoms with Crippen LogP contribution in [0.15, 0.2) is 48.7 Å². The van der Waals surface area contributed by atoms with Gasteiger partial charge in [-0.2, -0.15) is 5.10 Å². The number of methoxy groups -OCH3 is 1. The summed E-state index contributed by atoms with van der Waals surface area (Å²) in [6.07, 6.45) is 2.04. The molecule has 29 heavy (non-hydrogen) atoms. The molecular weight excluding hydrogens is 375 g/mol. The van der Waals surface area contributed by atoms with E-state index in [1.165, 1.54) is 32.4 Å². The van der Waals surface area contributed by atoms with Gasteiger partial charge in [0.1, 0.15) is 11.6 Å². The largest absolute Gasteiger partial charge is 0.495 e. The Morgan fingerprint density at radius 2 is 1.86 bits per heavy atom. The lowest BCUT2D eigenvalue weighted by Gasteiger charge is -2.12. The fraction of sp³-hybridized carbons (Fsp3) is 0.190. The summed E-state index contributed by atoms with van der Waals surface area (Å²) in [5.74, 6) is -0.447. The predicted octanol–water partition coefficient (Wildman–Crippen LogP) is 3.79. The van der Waals surface area contributed by atoms with Crippen LogP contribution in [0, 0.1) is 5.82 Å². The van der Waals surface area contributed by atoms with E-state index in [0.717, 1.165) is 0 Å². The van der Waals surface area contributed by atoms with Gasteiger partial charge in [0, 0.05) is 12.6 Å². The Balaban J connectivity index is 1.88. The van der Waals surface area contributed by atoms with Crippen molar-refractivity contribution < 1.29 is 18.7 Å². The van der Waals surface area contributed by atoms with Crippen molar-refractivity contribution in [1.29, 1.82) is 0 Å². The van der Waals surface area contributed by atoms with Crippen LogP contribution in [0.25, 0.3) is 5.69 Å². The smallest absolute Gasteiger partial charge is 0.259 e. The highest BCUT2D eigenvalue weighted by Gasteiger charge is 2.18. The molecule has 0 aliphatic rings. The van der Waals surface area contributed by atoms with Gasteiger partial charge in [-0.3, -0.25) is 9.59 Å². The van der Waals surface area contributed by atoms with Crippen molar-refractivity contribution in [3.63, 3.8) is 0 Å². The molecule has 0 fully saturated rings. The first-order valence-corrected chi connectivity index (χ1v) is 9.02. The number of aromatic nitrogens is 2. The van der Waals surface area contributed by atoms with E-state index in [1.807, 2.05) is 6.92 Å². The number of ether oxygens (including phenoxy) is 1. The van der Waals surface area contributed by atoms with Crippen LogP contribution in [0.5, 0.6) is 5.75 Å². The zero-order chi connectivity index (χ0) is 21.0. The number of nitrogens with one attached hydrogen (secondary N) is 2. The Hall–Kier alpha value is -3.68. The Morgan fingerprint density at radius 1 is 1.14 bits per heavy atom. The van der Waals surface area contributed by atoms with Gasteiger partial charge in [0.25, 0.3) is 5.91 Å². The lowest BCUT2D eigenvalue weighted by molar-refractivity contribution is -0.114. The van der Waals surface area contributed by atoms with Crippen LogP contribution in [0.4, 0.5) is 15.8 Å². The Kier molecular flexibility index (Phi) is 5.92. The molecule has 150 valence electrons. The molecule has 0 radical (unpaired) electrons. The summed E-state index contributed by atoms with van der Waals surface area (Å²) in [7, 11) is 1.50. The van der Waals surface area contributed by atoms with Crippen molar-refractivity contribution >= 4 is 23.2 Å². The molecule has 0 spiro atoms. The molecule has 0 unspecified atom stereocenters. The third kappa shape index (κ3) is 4.43. The molecule has 7 nitrogen and oxygen atoms in total. The first-order valence-electron chi connectivity index (χ1n) is 9.02. The molecule has 2 amide bonds. The molecule has 0 bridgehead atoms. The highest BCUT2D eigenvalue weighted by Crippen LogP contribution is 2.28. The average Bonchev–Trinajstić information content (AvgIpc) is 3.12. The second-order valence-electron chi connectivity index (χ2n) is 6.30. The first kappa shape index (κ1) is 20.1. The summed E-state index contributed by atoms with van der Waals surface area (Å²) in [5.41, 5.74) is 2.73. The van der Waals surface area contributed by atoms with Gasteiger partial charge in [-0.1, -0.05) is 6.92 Å². The normalized spacial score (nSPS) is 10.5. The van der Waals surface area contributed by atoms with E-state index in [1.54, 1.807) is 35.0 Å². The number of rotatable bonds is 6. The molecule has 3 aromatic rings. The quantitative estimate of drug-likeness (QED) is 0.664. The van der Waals surface area contributed by atoms with Gasteiger partial charge in [0.2, 0.25) is 5.91 Å². The van der Waals surface area contributed by atoms with Gasteiger partial charge in [-0.25, -0.2) is 9.07 Å². The van der Waals surface area contributed by atoms with Crippen molar-refractivity contribution in [2.75, 3.05) is 17.7 Å². The van der Waals surface area contributed by atoms with Gasteiger partial charge in [0.05, 0.1) is 35.9 Å². The fourth-order valence-electron chi connectivity index (χ4n) is 2.98. The van der Waals surface area contributed by atoms with Crippen LogP contribution in [0.3, 0.4) is 0 Å². The lowest BCUT2D eigenvalue weighted by Crippen LogP contribution is -2.15. The minimum absolute atomic E-state index is 0.249. The molecule has 0 saturated heterocycles. The number of hydrogen-bond donors (Lipinski definition) is 2. The number of halogens is 1. The molecule has 2 aromatic carbocycles. The second-order valence-corrected chi connectivity index (χ2v) is 6.30. The maximum absolute atomic E-state index is 13.2. The van der Waals surface area contributed by atoms with Gasteiger partial charge in [-0.05, 0) is 48.9 Å². The SMILES string of the molecule is CCc1c(C(=O)Nc2ccc(OC)c(NC(C)=O)c2)cnn1-c1ccc(F)cc1. The van der Waals surface area contributed by atoms with Crippen molar-refractivity contribution in [3.05, 3.63) is 65.7 Å². The summed E-state index contributed by atoms with van der Waals surface area (Å²) in [4.78, 5) is 24.2. The van der Waals surface area contributed by atoms with Crippen molar-refractivity contribution in [1.82, 2.24) is 9.78 Å². The number of hydrogen-bond acceptors (Lipinski definition) is 4. The van der Waals surface area contributed by atoms with E-state index >= 15 is 0 Å². The Morgan fingerprint density at radius 3 is 2.48 bits per heavy atom. The summed E-state index contributed by atoms with van der Waals surface area (Å²) in [5, 5.41) is 9.77. The van der Waals surface area contributed by atoms with Crippen LogP contribution in [-0.2, 0) is 11.2 Å². The molecule has 8 heteroatoms. The highest BCUT2D eigenvalue weighted by atomic mass is 19.1. The zero-order valence-corrected chi connectivity index (χ0v) is 16.3. The summed E-state index contributed by atoms with van der Waals surface area (Å²) in [6, 6.07) is 10.8. The van der Waals surface area contributed by atoms with Crippen molar-refractivity contribution in [2.24, 2.45) is 0 Å². The predicted molar refractivity (Wildman–Crippen MR) is 108 cm³/mol. The highest BCUT2D eigenvalue weighted by molar-refractivity contribution is 6.05. The number of benzene rings is 2. The number of carbonyl (C=O) groups is 2. The monoisotopic (exact) mass is 396 g/mol. The van der Waals surface area contributed by atoms with Gasteiger partial charge >= 0.3 is 0 Å². The molecule has 1 heterocycles. The molecule has 0 aliphatic heterocycles. The molecule has 0 atom stereocenters. The third-order valence-electron chi connectivity index (χ3n) is 4.29. The third-order valence-corrected chi connectivity index (χ3v) is 4.29. The number of carbonyl (C=O) groups excluding carboxylic acids is 2. The van der Waals surface area contributed by atoms with Crippen LogP contribution in [0.1, 0.15) is 29.9 Å². The second kappa shape index (κ2) is 8.55. The van der Waals surface area contributed by atoms with E-state index < -0.39 is 0 Å². The van der Waals surface area contributed by atoms with Crippen LogP contribution in [-0.4, -0.2) is 28.7 Å². The van der Waals surface area contributed by atoms with Crippen LogP contribution >= 0.6 is 0 Å². The molecule has 0 saturated carbocycles. The maximum Gasteiger partial charge on any atom is 0.259 e. The number of anilines is 2. The minimum Gasteiger partial charge on any atom is -0.495 e. The lowest BCUT2D eigenvalue weighted by atomic mass is 10.1. The molecular formula is C21H21FN4O3. The summed E-state index contributed by atoms with van der Waals surface area (Å²) in [6.45, 7) is 3.30.